The second-order valence-electron chi connectivity index (χ2n) is 7.83. The molecule has 0 bridgehead atoms. The van der Waals surface area contributed by atoms with Crippen molar-refractivity contribution in [2.24, 2.45) is 0 Å². The number of hydrogen-bond donors (Lipinski definition) is 4. The molecule has 4 atom stereocenters. The topological polar surface area (TPSA) is 117 Å². The second-order valence-corrected chi connectivity index (χ2v) is 7.83. The summed E-state index contributed by atoms with van der Waals surface area (Å²) in [4.78, 5) is 23.3. The molecule has 1 saturated carbocycles. The largest absolute Gasteiger partial charge is 0.487 e. The smallest absolute Gasteiger partial charge is 0.319 e. The number of nitrogens with one attached hydrogen (secondary N) is 2. The fourth-order valence-electron chi connectivity index (χ4n) is 4.58. The maximum atomic E-state index is 12.3. The number of carboxylic acid groups (broad SMARTS) is 1. The molecule has 3 aliphatic rings. The first-order chi connectivity index (χ1) is 13.5. The number of aliphatic hydroxyl groups is 1. The van der Waals surface area contributed by atoms with Gasteiger partial charge in [-0.05, 0) is 37.5 Å². The van der Waals surface area contributed by atoms with Gasteiger partial charge in [-0.1, -0.05) is 12.8 Å². The zero-order chi connectivity index (χ0) is 19.7. The zero-order valence-corrected chi connectivity index (χ0v) is 15.6. The number of urea groups is 1. The van der Waals surface area contributed by atoms with Gasteiger partial charge in [0, 0.05) is 23.2 Å². The first-order valence-corrected chi connectivity index (χ1v) is 9.89. The van der Waals surface area contributed by atoms with E-state index in [0.29, 0.717) is 17.9 Å². The van der Waals surface area contributed by atoms with E-state index in [4.69, 9.17) is 14.6 Å². The highest BCUT2D eigenvalue weighted by Gasteiger charge is 2.46. The minimum atomic E-state index is -0.932. The van der Waals surface area contributed by atoms with Crippen LogP contribution in [0.25, 0.3) is 0 Å². The molecule has 1 saturated heterocycles. The number of fused-ring (bicyclic) bond motifs is 3. The van der Waals surface area contributed by atoms with E-state index < -0.39 is 18.2 Å². The third kappa shape index (κ3) is 3.93. The van der Waals surface area contributed by atoms with E-state index >= 15 is 0 Å². The van der Waals surface area contributed by atoms with Crippen molar-refractivity contribution in [3.8, 4) is 5.75 Å². The van der Waals surface area contributed by atoms with Gasteiger partial charge in [0.05, 0.1) is 19.1 Å². The van der Waals surface area contributed by atoms with Crippen molar-refractivity contribution in [3.05, 3.63) is 23.8 Å². The number of carbonyl (C=O) groups excluding carboxylic acids is 1. The third-order valence-electron chi connectivity index (χ3n) is 5.85. The van der Waals surface area contributed by atoms with E-state index in [2.05, 4.69) is 10.6 Å². The number of aliphatic carboxylic acids is 1. The standard InChI is InChI=1S/C20H26N2O6/c23-10-17-19-15(8-13(27-17)9-18(24)25)14-7-12(5-6-16(14)28-19)22-20(26)21-11-3-1-2-4-11/h5-7,11,13,15,17,19,23H,1-4,8-10H2,(H,24,25)(H2,21,22,26)/t13-,15-,17+,19+/m0/s1. The molecule has 0 aromatic heterocycles. The van der Waals surface area contributed by atoms with Crippen molar-refractivity contribution < 1.29 is 29.3 Å². The maximum absolute atomic E-state index is 12.3. The molecule has 4 rings (SSSR count). The highest BCUT2D eigenvalue weighted by molar-refractivity contribution is 5.89. The van der Waals surface area contributed by atoms with Gasteiger partial charge in [0.2, 0.25) is 0 Å². The van der Waals surface area contributed by atoms with Crippen molar-refractivity contribution in [2.75, 3.05) is 11.9 Å². The molecule has 8 nitrogen and oxygen atoms in total. The van der Waals surface area contributed by atoms with Crippen molar-refractivity contribution >= 4 is 17.7 Å². The number of anilines is 1. The summed E-state index contributed by atoms with van der Waals surface area (Å²) < 4.78 is 11.7. The summed E-state index contributed by atoms with van der Waals surface area (Å²) in [5.41, 5.74) is 1.58. The van der Waals surface area contributed by atoms with Crippen LogP contribution in [0.15, 0.2) is 18.2 Å². The average molecular weight is 390 g/mol. The van der Waals surface area contributed by atoms with Gasteiger partial charge in [0.15, 0.2) is 0 Å². The van der Waals surface area contributed by atoms with Crippen LogP contribution in [-0.4, -0.2) is 53.2 Å². The molecule has 152 valence electrons. The third-order valence-corrected chi connectivity index (χ3v) is 5.85. The Morgan fingerprint density at radius 1 is 1.21 bits per heavy atom. The van der Waals surface area contributed by atoms with Crippen LogP contribution in [-0.2, 0) is 9.53 Å². The van der Waals surface area contributed by atoms with Gasteiger partial charge in [-0.15, -0.1) is 0 Å². The SMILES string of the molecule is O=C(O)C[C@@H]1C[C@H]2c3cc(NC(=O)NC4CCCC4)ccc3O[C@H]2[C@@H](CO)O1. The zero-order valence-electron chi connectivity index (χ0n) is 15.6. The molecular formula is C20H26N2O6. The van der Waals surface area contributed by atoms with Crippen LogP contribution in [0.5, 0.6) is 5.75 Å². The first-order valence-electron chi connectivity index (χ1n) is 9.89. The van der Waals surface area contributed by atoms with E-state index in [1.54, 1.807) is 12.1 Å². The van der Waals surface area contributed by atoms with E-state index in [9.17, 15) is 14.7 Å². The Morgan fingerprint density at radius 3 is 2.71 bits per heavy atom. The molecule has 2 aliphatic heterocycles. The molecule has 2 heterocycles. The van der Waals surface area contributed by atoms with Crippen molar-refractivity contribution in [2.45, 2.75) is 68.8 Å². The molecule has 0 radical (unpaired) electrons. The quantitative estimate of drug-likeness (QED) is 0.612. The Morgan fingerprint density at radius 2 is 2.00 bits per heavy atom. The summed E-state index contributed by atoms with van der Waals surface area (Å²) in [7, 11) is 0. The summed E-state index contributed by atoms with van der Waals surface area (Å²) >= 11 is 0. The molecule has 1 aromatic rings. The highest BCUT2D eigenvalue weighted by Crippen LogP contribution is 2.47. The van der Waals surface area contributed by atoms with Crippen LogP contribution < -0.4 is 15.4 Å². The molecule has 0 unspecified atom stereocenters. The van der Waals surface area contributed by atoms with Gasteiger partial charge < -0.3 is 30.3 Å². The Labute approximate surface area is 163 Å². The lowest BCUT2D eigenvalue weighted by Gasteiger charge is -2.36. The minimum absolute atomic E-state index is 0.0788. The number of aliphatic hydroxyl groups excluding tert-OH is 1. The second kappa shape index (κ2) is 7.97. The maximum Gasteiger partial charge on any atom is 0.319 e. The van der Waals surface area contributed by atoms with E-state index in [1.807, 2.05) is 6.07 Å². The van der Waals surface area contributed by atoms with E-state index in [-0.39, 0.29) is 37.1 Å². The van der Waals surface area contributed by atoms with Crippen molar-refractivity contribution in [1.82, 2.24) is 5.32 Å². The van der Waals surface area contributed by atoms with Gasteiger partial charge in [-0.2, -0.15) is 0 Å². The summed E-state index contributed by atoms with van der Waals surface area (Å²) in [6.07, 6.45) is 3.31. The Hall–Kier alpha value is -2.32. The predicted molar refractivity (Wildman–Crippen MR) is 101 cm³/mol. The van der Waals surface area contributed by atoms with Crippen LogP contribution in [0.3, 0.4) is 0 Å². The first kappa shape index (κ1) is 19.0. The van der Waals surface area contributed by atoms with Gasteiger partial charge in [-0.25, -0.2) is 4.79 Å². The number of carbonyl (C=O) groups is 2. The molecule has 28 heavy (non-hydrogen) atoms. The van der Waals surface area contributed by atoms with Gasteiger partial charge in [0.25, 0.3) is 0 Å². The van der Waals surface area contributed by atoms with Crippen LogP contribution in [0.4, 0.5) is 10.5 Å². The number of rotatable bonds is 5. The van der Waals surface area contributed by atoms with Crippen LogP contribution in [0, 0.1) is 0 Å². The Balaban J connectivity index is 1.48. The monoisotopic (exact) mass is 390 g/mol. The lowest BCUT2D eigenvalue weighted by Crippen LogP contribution is -2.46. The van der Waals surface area contributed by atoms with Crippen LogP contribution in [0.1, 0.15) is 50.0 Å². The highest BCUT2D eigenvalue weighted by atomic mass is 16.6. The van der Waals surface area contributed by atoms with Gasteiger partial charge in [0.1, 0.15) is 18.0 Å². The average Bonchev–Trinajstić information content (AvgIpc) is 3.28. The fourth-order valence-corrected chi connectivity index (χ4v) is 4.58. The molecule has 2 fully saturated rings. The van der Waals surface area contributed by atoms with Crippen LogP contribution in [0.2, 0.25) is 0 Å². The Bertz CT molecular complexity index is 748. The van der Waals surface area contributed by atoms with Crippen molar-refractivity contribution in [1.29, 1.82) is 0 Å². The number of hydrogen-bond acceptors (Lipinski definition) is 5. The molecule has 1 aromatic carbocycles. The fraction of sp³-hybridized carbons (Fsp3) is 0.600. The predicted octanol–water partition coefficient (Wildman–Crippen LogP) is 2.22. The number of benzene rings is 1. The molecule has 1 aliphatic carbocycles. The normalized spacial score (nSPS) is 28.9. The lowest BCUT2D eigenvalue weighted by atomic mass is 9.84. The minimum Gasteiger partial charge on any atom is -0.487 e. The number of ether oxygens (including phenoxy) is 2. The Kier molecular flexibility index (Phi) is 5.41. The van der Waals surface area contributed by atoms with Crippen molar-refractivity contribution in [3.63, 3.8) is 0 Å². The molecule has 0 spiro atoms. The lowest BCUT2D eigenvalue weighted by molar-refractivity contribution is -0.153. The molecule has 2 amide bonds. The van der Waals surface area contributed by atoms with Gasteiger partial charge >= 0.3 is 12.0 Å². The summed E-state index contributed by atoms with van der Waals surface area (Å²) in [5.74, 6) is -0.321. The molecule has 8 heteroatoms. The summed E-state index contributed by atoms with van der Waals surface area (Å²) in [6, 6.07) is 5.49. The molecule has 4 N–H and O–H groups in total. The summed E-state index contributed by atoms with van der Waals surface area (Å²) in [6.45, 7) is -0.236. The number of amides is 2. The summed E-state index contributed by atoms with van der Waals surface area (Å²) in [5, 5.41) is 24.6. The van der Waals surface area contributed by atoms with E-state index in [0.717, 1.165) is 31.2 Å². The number of carboxylic acids is 1. The molecular weight excluding hydrogens is 364 g/mol. The van der Waals surface area contributed by atoms with Gasteiger partial charge in [-0.3, -0.25) is 4.79 Å². The van der Waals surface area contributed by atoms with Crippen LogP contribution >= 0.6 is 0 Å². The van der Waals surface area contributed by atoms with E-state index in [1.165, 1.54) is 0 Å².